The van der Waals surface area contributed by atoms with E-state index in [0.29, 0.717) is 0 Å². The first kappa shape index (κ1) is 13.9. The van der Waals surface area contributed by atoms with Crippen molar-refractivity contribution in [2.24, 2.45) is 5.92 Å². The second kappa shape index (κ2) is 6.09. The van der Waals surface area contributed by atoms with Gasteiger partial charge in [-0.05, 0) is 50.3 Å². The van der Waals surface area contributed by atoms with Gasteiger partial charge in [0.1, 0.15) is 5.75 Å². The first-order valence-corrected chi connectivity index (χ1v) is 7.07. The van der Waals surface area contributed by atoms with Gasteiger partial charge in [0, 0.05) is 0 Å². The van der Waals surface area contributed by atoms with Crippen molar-refractivity contribution in [3.63, 3.8) is 0 Å². The summed E-state index contributed by atoms with van der Waals surface area (Å²) >= 11 is 0. The van der Waals surface area contributed by atoms with Crippen LogP contribution >= 0.6 is 0 Å². The number of carboxylic acid groups (broad SMARTS) is 1. The number of hydrogen-bond acceptors (Lipinski definition) is 2. The summed E-state index contributed by atoms with van der Waals surface area (Å²) in [5, 5.41) is 9.32. The van der Waals surface area contributed by atoms with Gasteiger partial charge < -0.3 is 9.84 Å². The number of ether oxygens (including phenoxy) is 1. The maximum absolute atomic E-state index is 11.3. The summed E-state index contributed by atoms with van der Waals surface area (Å²) in [5.74, 6) is 0.110. The molecular weight excluding hydrogens is 240 g/mol. The van der Waals surface area contributed by atoms with Crippen molar-refractivity contribution in [1.29, 1.82) is 0 Å². The normalized spacial score (nSPS) is 23.3. The summed E-state index contributed by atoms with van der Waals surface area (Å²) < 4.78 is 5.61. The van der Waals surface area contributed by atoms with E-state index in [4.69, 9.17) is 4.74 Å². The molecule has 0 heterocycles. The monoisotopic (exact) mass is 262 g/mol. The van der Waals surface area contributed by atoms with Crippen LogP contribution in [0.5, 0.6) is 5.75 Å². The summed E-state index contributed by atoms with van der Waals surface area (Å²) in [4.78, 5) is 11.3. The number of carbonyl (C=O) groups is 1. The molecule has 1 aliphatic rings. The van der Waals surface area contributed by atoms with Crippen LogP contribution in [0, 0.1) is 5.92 Å². The van der Waals surface area contributed by atoms with Crippen LogP contribution in [0.25, 0.3) is 0 Å². The van der Waals surface area contributed by atoms with E-state index < -0.39 is 5.97 Å². The zero-order valence-electron chi connectivity index (χ0n) is 11.6. The average molecular weight is 262 g/mol. The minimum absolute atomic E-state index is 0.152. The molecule has 2 unspecified atom stereocenters. The third-order valence-electron chi connectivity index (χ3n) is 3.76. The first-order chi connectivity index (χ1) is 9.08. The summed E-state index contributed by atoms with van der Waals surface area (Å²) in [6.45, 7) is 3.99. The molecule has 3 heteroatoms. The second-order valence-corrected chi connectivity index (χ2v) is 5.57. The highest BCUT2D eigenvalue weighted by atomic mass is 16.5. The molecule has 19 heavy (non-hydrogen) atoms. The smallest absolute Gasteiger partial charge is 0.307 e. The Morgan fingerprint density at radius 1 is 1.21 bits per heavy atom. The lowest BCUT2D eigenvalue weighted by Gasteiger charge is -2.29. The minimum atomic E-state index is -0.660. The number of aliphatic carboxylic acids is 1. The molecule has 1 aromatic rings. The quantitative estimate of drug-likeness (QED) is 0.897. The number of hydrogen-bond donors (Lipinski definition) is 1. The Hall–Kier alpha value is -1.51. The molecule has 2 rings (SSSR count). The second-order valence-electron chi connectivity index (χ2n) is 5.57. The Bertz CT molecular complexity index is 422. The maximum atomic E-state index is 11.3. The van der Waals surface area contributed by atoms with Crippen LogP contribution in [-0.4, -0.2) is 17.2 Å². The molecule has 0 spiro atoms. The average Bonchev–Trinajstić information content (AvgIpc) is 2.39. The lowest BCUT2D eigenvalue weighted by Crippen LogP contribution is -2.25. The Kier molecular flexibility index (Phi) is 4.46. The van der Waals surface area contributed by atoms with Crippen LogP contribution in [0.1, 0.15) is 51.0 Å². The minimum Gasteiger partial charge on any atom is -0.491 e. The van der Waals surface area contributed by atoms with Crippen molar-refractivity contribution >= 4 is 5.97 Å². The molecule has 0 radical (unpaired) electrons. The highest BCUT2D eigenvalue weighted by Gasteiger charge is 2.31. The van der Waals surface area contributed by atoms with Crippen LogP contribution in [-0.2, 0) is 4.79 Å². The van der Waals surface area contributed by atoms with Gasteiger partial charge in [-0.3, -0.25) is 4.79 Å². The van der Waals surface area contributed by atoms with E-state index in [1.54, 1.807) is 0 Å². The third kappa shape index (κ3) is 3.49. The lowest BCUT2D eigenvalue weighted by molar-refractivity contribution is -0.143. The van der Waals surface area contributed by atoms with Gasteiger partial charge in [-0.15, -0.1) is 0 Å². The largest absolute Gasteiger partial charge is 0.491 e. The van der Waals surface area contributed by atoms with Crippen molar-refractivity contribution in [3.05, 3.63) is 29.8 Å². The standard InChI is InChI=1S/C16H22O3/c1-11(2)19-13-9-7-12(8-10-13)14-5-3-4-6-15(14)16(17)18/h7-11,14-15H,3-6H2,1-2H3,(H,17,18). The van der Waals surface area contributed by atoms with Crippen molar-refractivity contribution in [3.8, 4) is 5.75 Å². The van der Waals surface area contributed by atoms with E-state index >= 15 is 0 Å². The van der Waals surface area contributed by atoms with Gasteiger partial charge in [-0.1, -0.05) is 25.0 Å². The molecule has 1 fully saturated rings. The van der Waals surface area contributed by atoms with Crippen LogP contribution < -0.4 is 4.74 Å². The molecule has 0 aromatic heterocycles. The summed E-state index contributed by atoms with van der Waals surface area (Å²) in [5.41, 5.74) is 1.13. The molecule has 3 nitrogen and oxygen atoms in total. The predicted molar refractivity (Wildman–Crippen MR) is 74.5 cm³/mol. The molecule has 1 N–H and O–H groups in total. The molecule has 0 bridgehead atoms. The van der Waals surface area contributed by atoms with Gasteiger partial charge in [0.2, 0.25) is 0 Å². The lowest BCUT2D eigenvalue weighted by atomic mass is 9.75. The Morgan fingerprint density at radius 3 is 2.42 bits per heavy atom. The van der Waals surface area contributed by atoms with E-state index in [-0.39, 0.29) is 17.9 Å². The van der Waals surface area contributed by atoms with Crippen LogP contribution in [0.2, 0.25) is 0 Å². The third-order valence-corrected chi connectivity index (χ3v) is 3.76. The molecule has 2 atom stereocenters. The van der Waals surface area contributed by atoms with E-state index in [0.717, 1.165) is 37.0 Å². The molecule has 104 valence electrons. The number of benzene rings is 1. The van der Waals surface area contributed by atoms with Crippen LogP contribution in [0.4, 0.5) is 0 Å². The predicted octanol–water partition coefficient (Wildman–Crippen LogP) is 3.83. The van der Waals surface area contributed by atoms with Crippen molar-refractivity contribution in [1.82, 2.24) is 0 Å². The molecule has 1 saturated carbocycles. The van der Waals surface area contributed by atoms with Gasteiger partial charge in [0.25, 0.3) is 0 Å². The Morgan fingerprint density at radius 2 is 1.84 bits per heavy atom. The molecular formula is C16H22O3. The number of carboxylic acids is 1. The van der Waals surface area contributed by atoms with E-state index in [9.17, 15) is 9.90 Å². The highest BCUT2D eigenvalue weighted by Crippen LogP contribution is 2.38. The molecule has 0 amide bonds. The Balaban J connectivity index is 2.13. The van der Waals surface area contributed by atoms with Crippen molar-refractivity contribution < 1.29 is 14.6 Å². The summed E-state index contributed by atoms with van der Waals surface area (Å²) in [6.07, 6.45) is 4.08. The first-order valence-electron chi connectivity index (χ1n) is 7.07. The molecule has 1 aromatic carbocycles. The fourth-order valence-electron chi connectivity index (χ4n) is 2.89. The van der Waals surface area contributed by atoms with Gasteiger partial charge >= 0.3 is 5.97 Å². The molecule has 0 saturated heterocycles. The Labute approximate surface area is 114 Å². The molecule has 0 aliphatic heterocycles. The van der Waals surface area contributed by atoms with Gasteiger partial charge in [-0.2, -0.15) is 0 Å². The molecule has 1 aliphatic carbocycles. The van der Waals surface area contributed by atoms with Gasteiger partial charge in [0.15, 0.2) is 0 Å². The van der Waals surface area contributed by atoms with Crippen molar-refractivity contribution in [2.75, 3.05) is 0 Å². The van der Waals surface area contributed by atoms with E-state index in [1.807, 2.05) is 38.1 Å². The van der Waals surface area contributed by atoms with Gasteiger partial charge in [0.05, 0.1) is 12.0 Å². The summed E-state index contributed by atoms with van der Waals surface area (Å²) in [7, 11) is 0. The maximum Gasteiger partial charge on any atom is 0.307 e. The van der Waals surface area contributed by atoms with E-state index in [1.165, 1.54) is 0 Å². The van der Waals surface area contributed by atoms with Crippen LogP contribution in [0.3, 0.4) is 0 Å². The van der Waals surface area contributed by atoms with Crippen LogP contribution in [0.15, 0.2) is 24.3 Å². The topological polar surface area (TPSA) is 46.5 Å². The zero-order valence-corrected chi connectivity index (χ0v) is 11.6. The highest BCUT2D eigenvalue weighted by molar-refractivity contribution is 5.71. The fourth-order valence-corrected chi connectivity index (χ4v) is 2.89. The van der Waals surface area contributed by atoms with Gasteiger partial charge in [-0.25, -0.2) is 0 Å². The fraction of sp³-hybridized carbons (Fsp3) is 0.562. The van der Waals surface area contributed by atoms with Crippen molar-refractivity contribution in [2.45, 2.75) is 51.6 Å². The number of rotatable bonds is 4. The SMILES string of the molecule is CC(C)Oc1ccc(C2CCCCC2C(=O)O)cc1. The zero-order chi connectivity index (χ0) is 13.8. The van der Waals surface area contributed by atoms with E-state index in [2.05, 4.69) is 0 Å². The summed E-state index contributed by atoms with van der Waals surface area (Å²) in [6, 6.07) is 7.93.